The Morgan fingerprint density at radius 3 is 2.38 bits per heavy atom. The van der Waals surface area contributed by atoms with Gasteiger partial charge in [0.15, 0.2) is 0 Å². The fourth-order valence-electron chi connectivity index (χ4n) is 5.71. The summed E-state index contributed by atoms with van der Waals surface area (Å²) < 4.78 is 6.63. The van der Waals surface area contributed by atoms with Gasteiger partial charge in [-0.2, -0.15) is 0 Å². The van der Waals surface area contributed by atoms with Gasteiger partial charge in [0.25, 0.3) is 0 Å². The molecule has 168 valence electrons. The second kappa shape index (κ2) is 8.49. The van der Waals surface area contributed by atoms with Gasteiger partial charge in [-0.25, -0.2) is 0 Å². The fourth-order valence-corrected chi connectivity index (χ4v) is 5.89. The van der Waals surface area contributed by atoms with E-state index in [2.05, 4.69) is 80.6 Å². The number of aryl methyl sites for hydroxylation is 1. The minimum atomic E-state index is -0.189. The number of halogens is 1. The van der Waals surface area contributed by atoms with Crippen molar-refractivity contribution in [1.29, 1.82) is 0 Å². The zero-order valence-electron chi connectivity index (χ0n) is 19.5. The molecule has 4 aromatic rings. The predicted octanol–water partition coefficient (Wildman–Crippen LogP) is 6.63. The number of fused-ring (bicyclic) bond motifs is 4. The summed E-state index contributed by atoms with van der Waals surface area (Å²) in [5.74, 6) is 1.23. The Kier molecular flexibility index (Phi) is 5.31. The van der Waals surface area contributed by atoms with Crippen LogP contribution in [0.3, 0.4) is 0 Å². The lowest BCUT2D eigenvalue weighted by Crippen LogP contribution is -2.29. The monoisotopic (exact) mass is 462 g/mol. The van der Waals surface area contributed by atoms with Crippen molar-refractivity contribution in [1.82, 2.24) is 0 Å². The van der Waals surface area contributed by atoms with Crippen LogP contribution in [0.4, 0.5) is 0 Å². The Labute approximate surface area is 205 Å². The molecule has 0 aromatic heterocycles. The highest BCUT2D eigenvalue weighted by molar-refractivity contribution is 6.32. The third-order valence-corrected chi connectivity index (χ3v) is 7.67. The van der Waals surface area contributed by atoms with E-state index in [9.17, 15) is 0 Å². The summed E-state index contributed by atoms with van der Waals surface area (Å²) in [6.45, 7) is 4.58. The van der Waals surface area contributed by atoms with E-state index in [1.54, 1.807) is 0 Å². The van der Waals surface area contributed by atoms with E-state index >= 15 is 0 Å². The van der Waals surface area contributed by atoms with E-state index in [0.717, 1.165) is 18.6 Å². The molecule has 4 aromatic carbocycles. The molecule has 2 aliphatic carbocycles. The fraction of sp³-hybridized carbons (Fsp3) is 0.188. The summed E-state index contributed by atoms with van der Waals surface area (Å²) in [6.07, 6.45) is 4.25. The van der Waals surface area contributed by atoms with E-state index in [1.807, 2.05) is 24.3 Å². The van der Waals surface area contributed by atoms with Gasteiger partial charge in [0.2, 0.25) is 0 Å². The Morgan fingerprint density at radius 2 is 1.53 bits per heavy atom. The minimum absolute atomic E-state index is 0.189. The summed E-state index contributed by atoms with van der Waals surface area (Å²) in [5, 5.41) is 5.76. The van der Waals surface area contributed by atoms with Crippen molar-refractivity contribution in [3.8, 4) is 5.75 Å². The van der Waals surface area contributed by atoms with Crippen LogP contribution >= 0.6 is 11.6 Å². The molecular weight excluding hydrogens is 436 g/mol. The van der Waals surface area contributed by atoms with E-state index in [-0.39, 0.29) is 6.10 Å². The molecule has 0 heterocycles. The van der Waals surface area contributed by atoms with Crippen LogP contribution in [0.5, 0.6) is 5.75 Å². The quantitative estimate of drug-likeness (QED) is 0.332. The van der Waals surface area contributed by atoms with Gasteiger partial charge in [0, 0.05) is 5.56 Å². The zero-order chi connectivity index (χ0) is 23.2. The van der Waals surface area contributed by atoms with E-state index in [4.69, 9.17) is 16.3 Å². The molecular formula is C32H27ClO. The van der Waals surface area contributed by atoms with Crippen LogP contribution in [-0.2, 0) is 6.42 Å². The summed E-state index contributed by atoms with van der Waals surface area (Å²) in [4.78, 5) is 0. The summed E-state index contributed by atoms with van der Waals surface area (Å²) in [5.41, 5.74) is 6.85. The van der Waals surface area contributed by atoms with Crippen LogP contribution in [-0.4, -0.2) is 0 Å². The van der Waals surface area contributed by atoms with Crippen molar-refractivity contribution in [3.05, 3.63) is 133 Å². The maximum absolute atomic E-state index is 6.63. The first-order valence-electron chi connectivity index (χ1n) is 12.1. The topological polar surface area (TPSA) is 9.23 Å². The summed E-state index contributed by atoms with van der Waals surface area (Å²) in [7, 11) is 0. The molecule has 2 aliphatic rings. The average molecular weight is 463 g/mol. The van der Waals surface area contributed by atoms with Crippen LogP contribution in [0.25, 0.3) is 11.6 Å². The zero-order valence-corrected chi connectivity index (χ0v) is 20.3. The first-order valence-corrected chi connectivity index (χ1v) is 12.4. The number of hydrogen-bond acceptors (Lipinski definition) is 1. The van der Waals surface area contributed by atoms with Crippen molar-refractivity contribution in [2.24, 2.45) is 5.92 Å². The molecule has 0 radical (unpaired) electrons. The second-order valence-corrected chi connectivity index (χ2v) is 9.85. The highest BCUT2D eigenvalue weighted by Crippen LogP contribution is 2.36. The van der Waals surface area contributed by atoms with Crippen molar-refractivity contribution in [2.75, 3.05) is 0 Å². The van der Waals surface area contributed by atoms with E-state index in [1.165, 1.54) is 48.7 Å². The van der Waals surface area contributed by atoms with Gasteiger partial charge in [0.05, 0.1) is 5.02 Å². The molecule has 0 saturated carbocycles. The van der Waals surface area contributed by atoms with E-state index in [0.29, 0.717) is 10.9 Å². The molecule has 34 heavy (non-hydrogen) atoms. The van der Waals surface area contributed by atoms with Gasteiger partial charge in [-0.3, -0.25) is 0 Å². The van der Waals surface area contributed by atoms with Gasteiger partial charge in [0.1, 0.15) is 11.9 Å². The summed E-state index contributed by atoms with van der Waals surface area (Å²) in [6, 6.07) is 29.8. The molecule has 2 atom stereocenters. The van der Waals surface area contributed by atoms with Crippen LogP contribution in [0.15, 0.2) is 84.9 Å². The SMILES string of the molecule is Cc1ccccc1C1=c2ccc3c(c2CCC1C)C(Oc1ccccc1Cl)C=c1ccccc1=3. The van der Waals surface area contributed by atoms with Crippen molar-refractivity contribution in [3.63, 3.8) is 0 Å². The number of hydrogen-bond donors (Lipinski definition) is 0. The maximum atomic E-state index is 6.63. The lowest BCUT2D eigenvalue weighted by atomic mass is 9.77. The van der Waals surface area contributed by atoms with E-state index < -0.39 is 0 Å². The maximum Gasteiger partial charge on any atom is 0.144 e. The molecule has 0 fully saturated rings. The third kappa shape index (κ3) is 3.47. The van der Waals surface area contributed by atoms with Crippen LogP contribution in [0, 0.1) is 23.3 Å². The van der Waals surface area contributed by atoms with Gasteiger partial charge in [-0.05, 0) is 87.0 Å². The average Bonchev–Trinajstić information content (AvgIpc) is 2.85. The molecule has 0 aliphatic heterocycles. The lowest BCUT2D eigenvalue weighted by Gasteiger charge is -2.29. The molecule has 0 saturated heterocycles. The molecule has 6 rings (SSSR count). The van der Waals surface area contributed by atoms with Crippen LogP contribution in [0.2, 0.25) is 5.02 Å². The standard InChI is InChI=1S/C32H27ClO/c1-20-9-3-5-11-23(20)31-21(2)15-16-27-26(31)18-17-25-24-12-6-4-10-22(24)19-30(32(25)27)34-29-14-8-7-13-28(29)33/h3-14,17-19,21,30H,15-16H2,1-2H3. The van der Waals surface area contributed by atoms with Gasteiger partial charge < -0.3 is 4.74 Å². The summed E-state index contributed by atoms with van der Waals surface area (Å²) >= 11 is 6.51. The number of para-hydroxylation sites is 1. The molecule has 0 amide bonds. The molecule has 0 N–H and O–H groups in total. The second-order valence-electron chi connectivity index (χ2n) is 9.44. The highest BCUT2D eigenvalue weighted by Gasteiger charge is 2.27. The Morgan fingerprint density at radius 1 is 0.794 bits per heavy atom. The van der Waals surface area contributed by atoms with Crippen LogP contribution in [0.1, 0.15) is 41.7 Å². The first-order chi connectivity index (χ1) is 16.6. The largest absolute Gasteiger partial charge is 0.480 e. The van der Waals surface area contributed by atoms with Crippen molar-refractivity contribution >= 4 is 23.3 Å². The molecule has 2 unspecified atom stereocenters. The number of ether oxygens (including phenoxy) is 1. The van der Waals surface area contributed by atoms with Gasteiger partial charge in [-0.15, -0.1) is 0 Å². The number of rotatable bonds is 3. The number of benzene rings is 4. The smallest absolute Gasteiger partial charge is 0.144 e. The third-order valence-electron chi connectivity index (χ3n) is 7.36. The van der Waals surface area contributed by atoms with Gasteiger partial charge in [-0.1, -0.05) is 91.3 Å². The normalized spacial score (nSPS) is 18.4. The molecule has 0 bridgehead atoms. The van der Waals surface area contributed by atoms with Crippen molar-refractivity contribution < 1.29 is 4.74 Å². The Bertz CT molecular complexity index is 1630. The predicted molar refractivity (Wildman–Crippen MR) is 140 cm³/mol. The molecule has 1 nitrogen and oxygen atoms in total. The van der Waals surface area contributed by atoms with Gasteiger partial charge >= 0.3 is 0 Å². The lowest BCUT2D eigenvalue weighted by molar-refractivity contribution is 0.267. The highest BCUT2D eigenvalue weighted by atomic mass is 35.5. The van der Waals surface area contributed by atoms with Crippen LogP contribution < -0.4 is 15.2 Å². The Balaban J connectivity index is 1.69. The Hall–Kier alpha value is -3.29. The van der Waals surface area contributed by atoms with Crippen molar-refractivity contribution in [2.45, 2.75) is 32.8 Å². The minimum Gasteiger partial charge on any atom is -0.480 e. The molecule has 2 heteroatoms. The first kappa shape index (κ1) is 21.3. The molecule has 0 spiro atoms.